The van der Waals surface area contributed by atoms with Gasteiger partial charge in [0.1, 0.15) is 6.33 Å². The van der Waals surface area contributed by atoms with E-state index in [4.69, 9.17) is 0 Å². The van der Waals surface area contributed by atoms with Crippen LogP contribution in [0, 0.1) is 17.3 Å². The molecule has 27 heavy (non-hydrogen) atoms. The highest BCUT2D eigenvalue weighted by molar-refractivity contribution is 9.10. The van der Waals surface area contributed by atoms with Crippen LogP contribution in [0.25, 0.3) is 0 Å². The van der Waals surface area contributed by atoms with Gasteiger partial charge in [-0.25, -0.2) is 9.67 Å². The van der Waals surface area contributed by atoms with E-state index in [2.05, 4.69) is 59.9 Å². The maximum atomic E-state index is 13.9. The van der Waals surface area contributed by atoms with Crippen molar-refractivity contribution in [2.75, 3.05) is 11.4 Å². The third-order valence-corrected chi connectivity index (χ3v) is 7.93. The summed E-state index contributed by atoms with van der Waals surface area (Å²) in [6.07, 6.45) is 9.43. The Hall–Kier alpha value is -1.69. The Morgan fingerprint density at radius 3 is 2.67 bits per heavy atom. The van der Waals surface area contributed by atoms with Crippen molar-refractivity contribution in [2.24, 2.45) is 17.3 Å². The first-order valence-electron chi connectivity index (χ1n) is 10.0. The van der Waals surface area contributed by atoms with Gasteiger partial charge < -0.3 is 4.90 Å². The number of halogens is 1. The van der Waals surface area contributed by atoms with Crippen molar-refractivity contribution < 1.29 is 4.79 Å². The van der Waals surface area contributed by atoms with Crippen molar-refractivity contribution >= 4 is 27.5 Å². The molecular weight excluding hydrogens is 404 g/mol. The highest BCUT2D eigenvalue weighted by Crippen LogP contribution is 2.64. The maximum Gasteiger partial charge on any atom is 0.233 e. The van der Waals surface area contributed by atoms with Crippen LogP contribution in [0.5, 0.6) is 0 Å². The molecule has 1 aromatic carbocycles. The Morgan fingerprint density at radius 1 is 1.15 bits per heavy atom. The summed E-state index contributed by atoms with van der Waals surface area (Å²) in [7, 11) is 0. The largest absolute Gasteiger partial charge is 0.311 e. The molecule has 140 valence electrons. The van der Waals surface area contributed by atoms with E-state index < -0.39 is 0 Å². The molecule has 2 aromatic rings. The molecule has 0 spiro atoms. The molecule has 1 aliphatic heterocycles. The van der Waals surface area contributed by atoms with Gasteiger partial charge >= 0.3 is 0 Å². The molecule has 1 aromatic heterocycles. The van der Waals surface area contributed by atoms with Crippen molar-refractivity contribution in [3.8, 4) is 0 Å². The SMILES string of the molecule is O=C(N1CCc2ccccc21)C12CC3CC(C1)CC(n1cnc(Br)n1)(C3)C2. The molecule has 7 rings (SSSR count). The smallest absolute Gasteiger partial charge is 0.233 e. The zero-order valence-electron chi connectivity index (χ0n) is 15.3. The summed E-state index contributed by atoms with van der Waals surface area (Å²) >= 11 is 3.41. The van der Waals surface area contributed by atoms with Crippen LogP contribution in [-0.4, -0.2) is 27.2 Å². The Labute approximate surface area is 167 Å². The van der Waals surface area contributed by atoms with Crippen LogP contribution in [0.2, 0.25) is 0 Å². The van der Waals surface area contributed by atoms with E-state index >= 15 is 0 Å². The Kier molecular flexibility index (Phi) is 3.28. The molecule has 5 nitrogen and oxygen atoms in total. The fraction of sp³-hybridized carbons (Fsp3) is 0.571. The number of carbonyl (C=O) groups is 1. The second-order valence-corrected chi connectivity index (χ2v) is 9.97. The van der Waals surface area contributed by atoms with Crippen molar-refractivity contribution in [1.82, 2.24) is 14.8 Å². The number of nitrogens with zero attached hydrogens (tertiary/aromatic N) is 4. The van der Waals surface area contributed by atoms with Crippen LogP contribution < -0.4 is 4.90 Å². The first-order valence-corrected chi connectivity index (χ1v) is 10.8. The number of hydrogen-bond acceptors (Lipinski definition) is 3. The summed E-state index contributed by atoms with van der Waals surface area (Å²) in [5.74, 6) is 1.64. The maximum absolute atomic E-state index is 13.9. The van der Waals surface area contributed by atoms with Gasteiger partial charge in [0.25, 0.3) is 0 Å². The molecular formula is C21H23BrN4O. The summed E-state index contributed by atoms with van der Waals surface area (Å²) in [6, 6.07) is 8.41. The Bertz CT molecular complexity index is 924. The van der Waals surface area contributed by atoms with E-state index in [1.807, 2.05) is 6.33 Å². The number of aromatic nitrogens is 3. The topological polar surface area (TPSA) is 51.0 Å². The second kappa shape index (κ2) is 5.43. The first-order chi connectivity index (χ1) is 13.1. The number of hydrogen-bond donors (Lipinski definition) is 0. The highest BCUT2D eigenvalue weighted by atomic mass is 79.9. The molecule has 1 amide bonds. The number of benzene rings is 1. The van der Waals surface area contributed by atoms with Crippen LogP contribution >= 0.6 is 15.9 Å². The normalized spacial score (nSPS) is 36.3. The highest BCUT2D eigenvalue weighted by Gasteiger charge is 2.62. The summed E-state index contributed by atoms with van der Waals surface area (Å²) in [5.41, 5.74) is 2.19. The lowest BCUT2D eigenvalue weighted by molar-refractivity contribution is -0.153. The average Bonchev–Trinajstić information content (AvgIpc) is 3.26. The molecule has 0 N–H and O–H groups in total. The predicted octanol–water partition coefficient (Wildman–Crippen LogP) is 3.93. The first kappa shape index (κ1) is 16.3. The van der Waals surface area contributed by atoms with Crippen LogP contribution in [0.15, 0.2) is 35.3 Å². The van der Waals surface area contributed by atoms with Gasteiger partial charge in [0.2, 0.25) is 10.6 Å². The minimum Gasteiger partial charge on any atom is -0.311 e. The number of rotatable bonds is 2. The van der Waals surface area contributed by atoms with Gasteiger partial charge in [-0.1, -0.05) is 18.2 Å². The average molecular weight is 427 g/mol. The van der Waals surface area contributed by atoms with Gasteiger partial charge in [0.05, 0.1) is 11.0 Å². The monoisotopic (exact) mass is 426 g/mol. The molecule has 0 radical (unpaired) electrons. The Balaban J connectivity index is 1.40. The van der Waals surface area contributed by atoms with Crippen molar-refractivity contribution in [3.63, 3.8) is 0 Å². The van der Waals surface area contributed by atoms with Crippen LogP contribution in [-0.2, 0) is 16.8 Å². The predicted molar refractivity (Wildman–Crippen MR) is 105 cm³/mol. The molecule has 4 saturated carbocycles. The van der Waals surface area contributed by atoms with Crippen molar-refractivity contribution in [3.05, 3.63) is 40.9 Å². The standard InChI is InChI=1S/C21H23BrN4O/c22-19-23-13-26(24-19)21-10-14-7-15(11-21)9-20(8-14,12-21)18(27)25-6-5-16-3-1-2-4-17(16)25/h1-4,13-15H,5-12H2. The number of para-hydroxylation sites is 1. The summed E-state index contributed by atoms with van der Waals surface area (Å²) in [4.78, 5) is 20.3. The molecule has 5 aliphatic rings. The lowest BCUT2D eigenvalue weighted by atomic mass is 9.46. The summed E-state index contributed by atoms with van der Waals surface area (Å²) < 4.78 is 2.72. The third kappa shape index (κ3) is 2.25. The molecule has 0 saturated heterocycles. The molecule has 2 unspecified atom stereocenters. The van der Waals surface area contributed by atoms with E-state index in [0.29, 0.717) is 22.5 Å². The van der Waals surface area contributed by atoms with E-state index in [9.17, 15) is 4.79 Å². The van der Waals surface area contributed by atoms with Gasteiger partial charge in [0.15, 0.2) is 0 Å². The number of fused-ring (bicyclic) bond motifs is 1. The third-order valence-electron chi connectivity index (χ3n) is 7.57. The molecule has 4 bridgehead atoms. The number of amides is 1. The van der Waals surface area contributed by atoms with Gasteiger partial charge in [-0.2, -0.15) is 0 Å². The molecule has 4 fully saturated rings. The van der Waals surface area contributed by atoms with E-state index in [0.717, 1.165) is 50.8 Å². The van der Waals surface area contributed by atoms with E-state index in [1.165, 1.54) is 12.0 Å². The zero-order valence-corrected chi connectivity index (χ0v) is 16.9. The molecule has 2 heterocycles. The van der Waals surface area contributed by atoms with E-state index in [-0.39, 0.29) is 11.0 Å². The summed E-state index contributed by atoms with van der Waals surface area (Å²) in [5, 5.41) is 4.62. The fourth-order valence-electron chi connectivity index (χ4n) is 7.04. The molecule has 6 heteroatoms. The van der Waals surface area contributed by atoms with Crippen LogP contribution in [0.1, 0.15) is 44.1 Å². The van der Waals surface area contributed by atoms with Gasteiger partial charge in [-0.3, -0.25) is 4.79 Å². The Morgan fingerprint density at radius 2 is 1.93 bits per heavy atom. The van der Waals surface area contributed by atoms with Crippen LogP contribution in [0.3, 0.4) is 0 Å². The number of carbonyl (C=O) groups excluding carboxylic acids is 1. The summed E-state index contributed by atoms with van der Waals surface area (Å²) in [6.45, 7) is 0.830. The molecule has 2 atom stereocenters. The second-order valence-electron chi connectivity index (χ2n) is 9.26. The fourth-order valence-corrected chi connectivity index (χ4v) is 7.30. The minimum atomic E-state index is -0.222. The van der Waals surface area contributed by atoms with Crippen LogP contribution in [0.4, 0.5) is 5.69 Å². The quantitative estimate of drug-likeness (QED) is 0.730. The molecule has 4 aliphatic carbocycles. The van der Waals surface area contributed by atoms with Gasteiger partial charge in [-0.15, -0.1) is 5.10 Å². The van der Waals surface area contributed by atoms with Crippen molar-refractivity contribution in [1.29, 1.82) is 0 Å². The van der Waals surface area contributed by atoms with Crippen molar-refractivity contribution in [2.45, 2.75) is 50.5 Å². The minimum absolute atomic E-state index is 0.0298. The lowest BCUT2D eigenvalue weighted by Crippen LogP contribution is -2.61. The van der Waals surface area contributed by atoms with Gasteiger partial charge in [0, 0.05) is 12.2 Å². The lowest BCUT2D eigenvalue weighted by Gasteiger charge is -2.61. The number of anilines is 1. The zero-order chi connectivity index (χ0) is 18.2. The van der Waals surface area contributed by atoms with Gasteiger partial charge in [-0.05, 0) is 84.3 Å². The van der Waals surface area contributed by atoms with E-state index in [1.54, 1.807) is 0 Å².